The highest BCUT2D eigenvalue weighted by atomic mass is 16.6. The van der Waals surface area contributed by atoms with E-state index in [4.69, 9.17) is 19.6 Å². The van der Waals surface area contributed by atoms with Gasteiger partial charge in [0.1, 0.15) is 22.6 Å². The highest BCUT2D eigenvalue weighted by molar-refractivity contribution is 6.10. The SMILES string of the molecule is CCOC(=O)c1c(C)oc(NC(=O)COc2ccc([N+](=O)[O-])cc2)c1C(N)=O. The summed E-state index contributed by atoms with van der Waals surface area (Å²) in [5.41, 5.74) is 4.70. The number of hydrogen-bond donors (Lipinski definition) is 2. The number of carbonyl (C=O) groups is 3. The standard InChI is InChI=1S/C17H17N3O8/c1-3-26-17(23)13-9(2)28-16(14(13)15(18)22)19-12(21)8-27-11-6-4-10(5-7-11)20(24)25/h4-7H,3,8H2,1-2H3,(H2,18,22)(H,19,21). The Morgan fingerprint density at radius 3 is 2.39 bits per heavy atom. The van der Waals surface area contributed by atoms with Gasteiger partial charge >= 0.3 is 5.97 Å². The Balaban J connectivity index is 2.11. The molecule has 0 aliphatic carbocycles. The molecule has 2 rings (SSSR count). The summed E-state index contributed by atoms with van der Waals surface area (Å²) < 4.78 is 15.3. The van der Waals surface area contributed by atoms with Crippen LogP contribution in [0.3, 0.4) is 0 Å². The van der Waals surface area contributed by atoms with Crippen molar-refractivity contribution in [2.45, 2.75) is 13.8 Å². The number of nitro groups is 1. The van der Waals surface area contributed by atoms with Crippen LogP contribution in [0.25, 0.3) is 0 Å². The lowest BCUT2D eigenvalue weighted by Crippen LogP contribution is -2.23. The van der Waals surface area contributed by atoms with E-state index in [-0.39, 0.29) is 40.8 Å². The maximum absolute atomic E-state index is 12.1. The van der Waals surface area contributed by atoms with Crippen LogP contribution in [0.4, 0.5) is 11.6 Å². The molecule has 0 unspecified atom stereocenters. The number of nitrogens with one attached hydrogen (secondary N) is 1. The highest BCUT2D eigenvalue weighted by Crippen LogP contribution is 2.27. The Morgan fingerprint density at radius 2 is 1.86 bits per heavy atom. The Kier molecular flexibility index (Phi) is 6.32. The van der Waals surface area contributed by atoms with Gasteiger partial charge in [0.05, 0.1) is 11.5 Å². The number of nitro benzene ring substituents is 1. The molecule has 28 heavy (non-hydrogen) atoms. The number of primary amides is 1. The van der Waals surface area contributed by atoms with Crippen LogP contribution >= 0.6 is 0 Å². The number of aryl methyl sites for hydroxylation is 1. The molecule has 0 radical (unpaired) electrons. The Labute approximate surface area is 158 Å². The van der Waals surface area contributed by atoms with Crippen LogP contribution in [0.15, 0.2) is 28.7 Å². The van der Waals surface area contributed by atoms with Crippen LogP contribution in [0.1, 0.15) is 33.4 Å². The molecule has 0 fully saturated rings. The molecule has 148 valence electrons. The van der Waals surface area contributed by atoms with Gasteiger partial charge in [0.2, 0.25) is 5.88 Å². The first-order chi connectivity index (χ1) is 13.2. The zero-order chi connectivity index (χ0) is 20.8. The summed E-state index contributed by atoms with van der Waals surface area (Å²) in [6, 6.07) is 5.10. The van der Waals surface area contributed by atoms with Crippen LogP contribution < -0.4 is 15.8 Å². The van der Waals surface area contributed by atoms with Crippen molar-refractivity contribution in [2.75, 3.05) is 18.5 Å². The molecular formula is C17H17N3O8. The molecular weight excluding hydrogens is 374 g/mol. The second kappa shape index (κ2) is 8.66. The van der Waals surface area contributed by atoms with Crippen LogP contribution in [0.5, 0.6) is 5.75 Å². The molecule has 0 saturated heterocycles. The number of non-ortho nitro benzene ring substituents is 1. The first kappa shape index (κ1) is 20.4. The molecule has 1 aromatic heterocycles. The van der Waals surface area contributed by atoms with Crippen molar-refractivity contribution in [3.63, 3.8) is 0 Å². The highest BCUT2D eigenvalue weighted by Gasteiger charge is 2.29. The molecule has 2 amide bonds. The Bertz CT molecular complexity index is 917. The molecule has 0 bridgehead atoms. The van der Waals surface area contributed by atoms with Gasteiger partial charge in [-0.2, -0.15) is 0 Å². The van der Waals surface area contributed by atoms with Crippen molar-refractivity contribution in [1.29, 1.82) is 0 Å². The minimum Gasteiger partial charge on any atom is -0.484 e. The Morgan fingerprint density at radius 1 is 1.21 bits per heavy atom. The third-order valence-electron chi connectivity index (χ3n) is 3.48. The average Bonchev–Trinajstić information content (AvgIpc) is 2.96. The van der Waals surface area contributed by atoms with Gasteiger partial charge in [-0.1, -0.05) is 0 Å². The maximum atomic E-state index is 12.1. The maximum Gasteiger partial charge on any atom is 0.342 e. The number of anilines is 1. The molecule has 1 aromatic carbocycles. The quantitative estimate of drug-likeness (QED) is 0.390. The number of ether oxygens (including phenoxy) is 2. The second-order valence-electron chi connectivity index (χ2n) is 5.41. The smallest absolute Gasteiger partial charge is 0.342 e. The van der Waals surface area contributed by atoms with Gasteiger partial charge in [-0.15, -0.1) is 0 Å². The lowest BCUT2D eigenvalue weighted by molar-refractivity contribution is -0.384. The number of carbonyl (C=O) groups excluding carboxylic acids is 3. The summed E-state index contributed by atoms with van der Waals surface area (Å²) in [5.74, 6) is -2.51. The van der Waals surface area contributed by atoms with E-state index in [1.165, 1.54) is 31.2 Å². The van der Waals surface area contributed by atoms with E-state index in [9.17, 15) is 24.5 Å². The van der Waals surface area contributed by atoms with Crippen molar-refractivity contribution >= 4 is 29.4 Å². The van der Waals surface area contributed by atoms with Gasteiger partial charge in [-0.3, -0.25) is 25.0 Å². The number of amides is 2. The second-order valence-corrected chi connectivity index (χ2v) is 5.41. The average molecular weight is 391 g/mol. The van der Waals surface area contributed by atoms with E-state index in [2.05, 4.69) is 5.32 Å². The topological polar surface area (TPSA) is 164 Å². The molecule has 0 saturated carbocycles. The summed E-state index contributed by atoms with van der Waals surface area (Å²) in [5, 5.41) is 12.9. The number of benzene rings is 1. The summed E-state index contributed by atoms with van der Waals surface area (Å²) in [6.07, 6.45) is 0. The molecule has 0 spiro atoms. The molecule has 3 N–H and O–H groups in total. The van der Waals surface area contributed by atoms with E-state index >= 15 is 0 Å². The van der Waals surface area contributed by atoms with E-state index in [0.717, 1.165) is 0 Å². The fourth-order valence-corrected chi connectivity index (χ4v) is 2.29. The van der Waals surface area contributed by atoms with Crippen LogP contribution in [-0.2, 0) is 9.53 Å². The van der Waals surface area contributed by atoms with E-state index in [0.29, 0.717) is 0 Å². The van der Waals surface area contributed by atoms with Crippen LogP contribution in [0, 0.1) is 17.0 Å². The predicted octanol–water partition coefficient (Wildman–Crippen LogP) is 1.79. The van der Waals surface area contributed by atoms with Gasteiger partial charge in [0.25, 0.3) is 17.5 Å². The zero-order valence-corrected chi connectivity index (χ0v) is 15.0. The largest absolute Gasteiger partial charge is 0.484 e. The lowest BCUT2D eigenvalue weighted by atomic mass is 10.1. The summed E-state index contributed by atoms with van der Waals surface area (Å²) in [7, 11) is 0. The fourth-order valence-electron chi connectivity index (χ4n) is 2.29. The minimum absolute atomic E-state index is 0.0545. The predicted molar refractivity (Wildman–Crippen MR) is 95.1 cm³/mol. The fraction of sp³-hybridized carbons (Fsp3) is 0.235. The van der Waals surface area contributed by atoms with Gasteiger partial charge < -0.3 is 19.6 Å². The van der Waals surface area contributed by atoms with Gasteiger partial charge in [-0.25, -0.2) is 4.79 Å². The van der Waals surface area contributed by atoms with Crippen molar-refractivity contribution in [2.24, 2.45) is 5.73 Å². The molecule has 1 heterocycles. The third kappa shape index (κ3) is 4.63. The number of nitrogens with two attached hydrogens (primary N) is 1. The van der Waals surface area contributed by atoms with E-state index in [1.807, 2.05) is 0 Å². The van der Waals surface area contributed by atoms with E-state index < -0.39 is 29.3 Å². The summed E-state index contributed by atoms with van der Waals surface area (Å²) in [4.78, 5) is 45.8. The summed E-state index contributed by atoms with van der Waals surface area (Å²) in [6.45, 7) is 2.61. The number of esters is 1. The van der Waals surface area contributed by atoms with Crippen molar-refractivity contribution < 1.29 is 33.2 Å². The number of furan rings is 1. The molecule has 0 aliphatic rings. The van der Waals surface area contributed by atoms with Crippen molar-refractivity contribution in [3.8, 4) is 5.75 Å². The first-order valence-corrected chi connectivity index (χ1v) is 8.02. The monoisotopic (exact) mass is 391 g/mol. The number of nitrogens with zero attached hydrogens (tertiary/aromatic N) is 1. The minimum atomic E-state index is -0.980. The molecule has 11 heteroatoms. The van der Waals surface area contributed by atoms with Crippen molar-refractivity contribution in [3.05, 3.63) is 51.3 Å². The van der Waals surface area contributed by atoms with Crippen molar-refractivity contribution in [1.82, 2.24) is 0 Å². The van der Waals surface area contributed by atoms with E-state index in [1.54, 1.807) is 6.92 Å². The van der Waals surface area contributed by atoms with Gasteiger partial charge in [0.15, 0.2) is 6.61 Å². The third-order valence-corrected chi connectivity index (χ3v) is 3.48. The van der Waals surface area contributed by atoms with Crippen LogP contribution in [0.2, 0.25) is 0 Å². The molecule has 11 nitrogen and oxygen atoms in total. The zero-order valence-electron chi connectivity index (χ0n) is 15.0. The molecule has 2 aromatic rings. The van der Waals surface area contributed by atoms with Gasteiger partial charge in [0, 0.05) is 12.1 Å². The lowest BCUT2D eigenvalue weighted by Gasteiger charge is -2.07. The number of rotatable bonds is 8. The molecule has 0 atom stereocenters. The first-order valence-electron chi connectivity index (χ1n) is 8.02. The number of hydrogen-bond acceptors (Lipinski definition) is 8. The molecule has 0 aliphatic heterocycles. The Hall–Kier alpha value is -3.89. The summed E-state index contributed by atoms with van der Waals surface area (Å²) >= 11 is 0. The normalized spacial score (nSPS) is 10.2. The van der Waals surface area contributed by atoms with Gasteiger partial charge in [-0.05, 0) is 26.0 Å². The van der Waals surface area contributed by atoms with Crippen LogP contribution in [-0.4, -0.2) is 35.9 Å².